The molecule has 1 unspecified atom stereocenters. The van der Waals surface area contributed by atoms with Crippen molar-refractivity contribution in [1.29, 1.82) is 0 Å². The van der Waals surface area contributed by atoms with Crippen molar-refractivity contribution in [1.82, 2.24) is 20.2 Å². The molecule has 1 saturated heterocycles. The highest BCUT2D eigenvalue weighted by Gasteiger charge is 2.31. The Kier molecular flexibility index (Phi) is 6.69. The molecule has 0 aliphatic carbocycles. The Hall–Kier alpha value is -3.10. The molecule has 8 nitrogen and oxygen atoms in total. The van der Waals surface area contributed by atoms with Crippen molar-refractivity contribution < 1.29 is 14.3 Å². The Morgan fingerprint density at radius 1 is 1.18 bits per heavy atom. The fourth-order valence-electron chi connectivity index (χ4n) is 4.64. The minimum Gasteiger partial charge on any atom is -0.493 e. The molecule has 2 aliphatic heterocycles. The van der Waals surface area contributed by atoms with Crippen molar-refractivity contribution in [3.05, 3.63) is 47.2 Å². The number of hydrogen-bond donors (Lipinski definition) is 2. The summed E-state index contributed by atoms with van der Waals surface area (Å²) in [7, 11) is 1.61. The van der Waals surface area contributed by atoms with Crippen molar-refractivity contribution in [3.8, 4) is 11.5 Å². The Morgan fingerprint density at radius 3 is 2.97 bits per heavy atom. The molecule has 0 spiro atoms. The van der Waals surface area contributed by atoms with Crippen LogP contribution in [-0.2, 0) is 11.3 Å². The van der Waals surface area contributed by atoms with Crippen LogP contribution in [-0.4, -0.2) is 53.6 Å². The van der Waals surface area contributed by atoms with Gasteiger partial charge in [-0.2, -0.15) is 0 Å². The second-order valence-electron chi connectivity index (χ2n) is 8.64. The largest absolute Gasteiger partial charge is 0.493 e. The number of halogens is 1. The number of hydrogen-bond acceptors (Lipinski definition) is 7. The van der Waals surface area contributed by atoms with Gasteiger partial charge in [0, 0.05) is 35.3 Å². The lowest BCUT2D eigenvalue weighted by molar-refractivity contribution is -0.125. The Bertz CT molecular complexity index is 1200. The highest BCUT2D eigenvalue weighted by Crippen LogP contribution is 2.36. The Labute approximate surface area is 203 Å². The van der Waals surface area contributed by atoms with E-state index in [1.165, 1.54) is 6.33 Å². The van der Waals surface area contributed by atoms with Crippen molar-refractivity contribution in [2.45, 2.75) is 38.3 Å². The van der Waals surface area contributed by atoms with E-state index in [0.29, 0.717) is 42.0 Å². The van der Waals surface area contributed by atoms with Crippen molar-refractivity contribution in [2.75, 3.05) is 32.1 Å². The first kappa shape index (κ1) is 22.7. The zero-order valence-electron chi connectivity index (χ0n) is 19.1. The van der Waals surface area contributed by atoms with Gasteiger partial charge in [0.2, 0.25) is 5.91 Å². The monoisotopic (exact) mass is 481 g/mol. The van der Waals surface area contributed by atoms with Crippen LogP contribution in [0.5, 0.6) is 11.5 Å². The molecule has 0 saturated carbocycles. The van der Waals surface area contributed by atoms with Crippen LogP contribution in [0.15, 0.2) is 36.7 Å². The van der Waals surface area contributed by atoms with E-state index in [1.54, 1.807) is 7.11 Å². The smallest absolute Gasteiger partial charge is 0.237 e. The number of anilines is 2. The maximum absolute atomic E-state index is 12.9. The maximum Gasteiger partial charge on any atom is 0.237 e. The SMILES string of the molecule is COc1cc2ncnc3c2cc1OCCCCNC(=O)C1CCCN1Cc1ccc(Cl)cc1N3. The molecule has 0 radical (unpaired) electrons. The van der Waals surface area contributed by atoms with Gasteiger partial charge in [0.1, 0.15) is 12.1 Å². The lowest BCUT2D eigenvalue weighted by Crippen LogP contribution is -2.43. The summed E-state index contributed by atoms with van der Waals surface area (Å²) in [5, 5.41) is 8.02. The number of methoxy groups -OCH3 is 1. The molecular weight excluding hydrogens is 454 g/mol. The van der Waals surface area contributed by atoms with Crippen LogP contribution < -0.4 is 20.1 Å². The molecule has 1 amide bonds. The molecule has 2 N–H and O–H groups in total. The molecule has 1 fully saturated rings. The number of carbonyl (C=O) groups is 1. The minimum absolute atomic E-state index is 0.0945. The molecule has 5 rings (SSSR count). The summed E-state index contributed by atoms with van der Waals surface area (Å²) < 4.78 is 11.6. The first-order chi connectivity index (χ1) is 16.6. The number of nitrogens with zero attached hydrogens (tertiary/aromatic N) is 3. The molecule has 178 valence electrons. The van der Waals surface area contributed by atoms with Gasteiger partial charge in [-0.15, -0.1) is 0 Å². The number of fused-ring (bicyclic) bond motifs is 3. The molecule has 9 heteroatoms. The number of nitrogens with one attached hydrogen (secondary N) is 2. The van der Waals surface area contributed by atoms with Crippen LogP contribution in [0, 0.1) is 0 Å². The van der Waals surface area contributed by atoms with Gasteiger partial charge in [-0.05, 0) is 56.0 Å². The topological polar surface area (TPSA) is 88.6 Å². The summed E-state index contributed by atoms with van der Waals surface area (Å²) in [4.78, 5) is 24.1. The third kappa shape index (κ3) is 4.74. The zero-order valence-corrected chi connectivity index (χ0v) is 19.9. The molecule has 2 aromatic carbocycles. The lowest BCUT2D eigenvalue weighted by Gasteiger charge is -2.25. The first-order valence-electron chi connectivity index (χ1n) is 11.6. The van der Waals surface area contributed by atoms with Gasteiger partial charge in [0.15, 0.2) is 11.5 Å². The third-order valence-electron chi connectivity index (χ3n) is 6.41. The highest BCUT2D eigenvalue weighted by atomic mass is 35.5. The fraction of sp³-hybridized carbons (Fsp3) is 0.400. The summed E-state index contributed by atoms with van der Waals surface area (Å²) in [5.41, 5.74) is 2.64. The van der Waals surface area contributed by atoms with Gasteiger partial charge in [-0.1, -0.05) is 17.7 Å². The molecule has 3 aromatic rings. The minimum atomic E-state index is -0.125. The van der Waals surface area contributed by atoms with Gasteiger partial charge >= 0.3 is 0 Å². The van der Waals surface area contributed by atoms with E-state index in [0.717, 1.165) is 54.4 Å². The quantitative estimate of drug-likeness (QED) is 0.536. The van der Waals surface area contributed by atoms with E-state index < -0.39 is 0 Å². The van der Waals surface area contributed by atoms with Crippen LogP contribution in [0.2, 0.25) is 5.02 Å². The average molecular weight is 482 g/mol. The van der Waals surface area contributed by atoms with Crippen molar-refractivity contribution in [2.24, 2.45) is 0 Å². The summed E-state index contributed by atoms with van der Waals surface area (Å²) in [6, 6.07) is 9.43. The van der Waals surface area contributed by atoms with Gasteiger partial charge in [-0.25, -0.2) is 9.97 Å². The van der Waals surface area contributed by atoms with E-state index >= 15 is 0 Å². The summed E-state index contributed by atoms with van der Waals surface area (Å²) in [6.45, 7) is 2.67. The van der Waals surface area contributed by atoms with Crippen molar-refractivity contribution >= 4 is 39.9 Å². The first-order valence-corrected chi connectivity index (χ1v) is 12.0. The third-order valence-corrected chi connectivity index (χ3v) is 6.65. The van der Waals surface area contributed by atoms with E-state index in [9.17, 15) is 4.79 Å². The van der Waals surface area contributed by atoms with Crippen LogP contribution in [0.3, 0.4) is 0 Å². The molecule has 2 bridgehead atoms. The van der Waals surface area contributed by atoms with E-state index in [1.807, 2.05) is 30.3 Å². The van der Waals surface area contributed by atoms with Gasteiger partial charge in [0.05, 0.1) is 25.3 Å². The average Bonchev–Trinajstić information content (AvgIpc) is 3.30. The molecule has 3 heterocycles. The lowest BCUT2D eigenvalue weighted by atomic mass is 10.1. The van der Waals surface area contributed by atoms with Gasteiger partial charge in [-0.3, -0.25) is 9.69 Å². The predicted octanol–water partition coefficient (Wildman–Crippen LogP) is 4.29. The van der Waals surface area contributed by atoms with Crippen LogP contribution in [0.25, 0.3) is 10.9 Å². The molecule has 1 atom stereocenters. The molecule has 1 aromatic heterocycles. The summed E-state index contributed by atoms with van der Waals surface area (Å²) >= 11 is 6.36. The zero-order chi connectivity index (χ0) is 23.5. The number of benzene rings is 2. The number of ether oxygens (including phenoxy) is 2. The number of carbonyl (C=O) groups excluding carboxylic acids is 1. The molecule has 34 heavy (non-hydrogen) atoms. The van der Waals surface area contributed by atoms with E-state index in [-0.39, 0.29) is 11.9 Å². The second-order valence-corrected chi connectivity index (χ2v) is 9.08. The fourth-order valence-corrected chi connectivity index (χ4v) is 4.81. The summed E-state index contributed by atoms with van der Waals surface area (Å²) in [6.07, 6.45) is 5.05. The number of amides is 1. The van der Waals surface area contributed by atoms with Crippen LogP contribution in [0.4, 0.5) is 11.5 Å². The number of rotatable bonds is 1. The Balaban J connectivity index is 1.57. The number of aromatic nitrogens is 2. The van der Waals surface area contributed by atoms with Crippen molar-refractivity contribution in [3.63, 3.8) is 0 Å². The summed E-state index contributed by atoms with van der Waals surface area (Å²) in [5.74, 6) is 2.00. The standard InChI is InChI=1S/C25H28ClN5O3/c1-33-22-13-20-18-12-23(22)34-10-3-2-8-27-25(32)21-5-4-9-31(21)14-16-6-7-17(26)11-19(16)30-24(18)29-15-28-20/h6-7,11-13,15,21H,2-5,8-10,14H2,1H3,(H,27,32)(H,28,29,30). The normalized spacial score (nSPS) is 19.5. The molecule has 2 aliphatic rings. The van der Waals surface area contributed by atoms with E-state index in [4.69, 9.17) is 21.1 Å². The molecular formula is C25H28ClN5O3. The van der Waals surface area contributed by atoms with Crippen LogP contribution >= 0.6 is 11.6 Å². The van der Waals surface area contributed by atoms with E-state index in [2.05, 4.69) is 25.5 Å². The predicted molar refractivity (Wildman–Crippen MR) is 132 cm³/mol. The maximum atomic E-state index is 12.9. The van der Waals surface area contributed by atoms with Gasteiger partial charge in [0.25, 0.3) is 0 Å². The highest BCUT2D eigenvalue weighted by molar-refractivity contribution is 6.30. The van der Waals surface area contributed by atoms with Crippen LogP contribution in [0.1, 0.15) is 31.2 Å². The van der Waals surface area contributed by atoms with Gasteiger partial charge < -0.3 is 20.1 Å². The Morgan fingerprint density at radius 2 is 2.09 bits per heavy atom. The second kappa shape index (κ2) is 10.0.